The third kappa shape index (κ3) is 3.37. The number of aromatic nitrogens is 2. The van der Waals surface area contributed by atoms with E-state index in [0.29, 0.717) is 0 Å². The SMILES string of the molecule is C#Cc1cc(C(F)(F)F)ccc1NC(=O)C(C)(C)n1cccn1. The predicted molar refractivity (Wildman–Crippen MR) is 79.6 cm³/mol. The van der Waals surface area contributed by atoms with Crippen LogP contribution < -0.4 is 5.32 Å². The van der Waals surface area contributed by atoms with Gasteiger partial charge in [-0.15, -0.1) is 6.42 Å². The minimum Gasteiger partial charge on any atom is -0.323 e. The van der Waals surface area contributed by atoms with Gasteiger partial charge in [-0.3, -0.25) is 9.48 Å². The summed E-state index contributed by atoms with van der Waals surface area (Å²) in [4.78, 5) is 12.4. The highest BCUT2D eigenvalue weighted by Gasteiger charge is 2.33. The van der Waals surface area contributed by atoms with Gasteiger partial charge in [0.25, 0.3) is 5.91 Å². The van der Waals surface area contributed by atoms with E-state index in [1.54, 1.807) is 26.1 Å². The molecular weight excluding hydrogens is 307 g/mol. The number of anilines is 1. The Balaban J connectivity index is 2.30. The molecule has 0 bridgehead atoms. The molecule has 1 aromatic carbocycles. The molecule has 23 heavy (non-hydrogen) atoms. The Morgan fingerprint density at radius 1 is 1.35 bits per heavy atom. The Hall–Kier alpha value is -2.75. The highest BCUT2D eigenvalue weighted by Crippen LogP contribution is 2.32. The van der Waals surface area contributed by atoms with Gasteiger partial charge in [0, 0.05) is 18.0 Å². The second-order valence-electron chi connectivity index (χ2n) is 5.37. The molecule has 0 aliphatic heterocycles. The van der Waals surface area contributed by atoms with Crippen LogP contribution in [0.1, 0.15) is 25.0 Å². The largest absolute Gasteiger partial charge is 0.416 e. The van der Waals surface area contributed by atoms with Gasteiger partial charge >= 0.3 is 6.18 Å². The number of amides is 1. The fourth-order valence-electron chi connectivity index (χ4n) is 1.93. The zero-order chi connectivity index (χ0) is 17.3. The van der Waals surface area contributed by atoms with Gasteiger partial charge in [-0.1, -0.05) is 5.92 Å². The first-order chi connectivity index (χ1) is 10.7. The van der Waals surface area contributed by atoms with Crippen LogP contribution in [0.15, 0.2) is 36.7 Å². The topological polar surface area (TPSA) is 46.9 Å². The number of nitrogens with one attached hydrogen (secondary N) is 1. The van der Waals surface area contributed by atoms with Crippen LogP contribution in [0.5, 0.6) is 0 Å². The van der Waals surface area contributed by atoms with E-state index in [1.165, 1.54) is 10.9 Å². The van der Waals surface area contributed by atoms with Crippen molar-refractivity contribution in [2.75, 3.05) is 5.32 Å². The summed E-state index contributed by atoms with van der Waals surface area (Å²) >= 11 is 0. The zero-order valence-electron chi connectivity index (χ0n) is 12.5. The first-order valence-electron chi connectivity index (χ1n) is 6.65. The van der Waals surface area contributed by atoms with Crippen molar-refractivity contribution in [3.05, 3.63) is 47.8 Å². The standard InChI is InChI=1S/C16H14F3N3O/c1-4-11-10-12(16(17,18)19)6-7-13(11)21-14(23)15(2,3)22-9-5-8-20-22/h1,5-10H,2-3H3,(H,21,23). The average Bonchev–Trinajstić information content (AvgIpc) is 3.01. The van der Waals surface area contributed by atoms with Gasteiger partial charge in [0.15, 0.2) is 0 Å². The third-order valence-electron chi connectivity index (χ3n) is 3.38. The number of carbonyl (C=O) groups excluding carboxylic acids is 1. The molecule has 0 saturated carbocycles. The van der Waals surface area contributed by atoms with Gasteiger partial charge in [0.1, 0.15) is 5.54 Å². The van der Waals surface area contributed by atoms with E-state index < -0.39 is 23.2 Å². The molecule has 2 aromatic rings. The highest BCUT2D eigenvalue weighted by atomic mass is 19.4. The van der Waals surface area contributed by atoms with Crippen LogP contribution in [0, 0.1) is 12.3 Å². The Kier molecular flexibility index (Phi) is 4.19. The molecule has 120 valence electrons. The van der Waals surface area contributed by atoms with Crippen molar-refractivity contribution >= 4 is 11.6 Å². The lowest BCUT2D eigenvalue weighted by molar-refractivity contribution is -0.137. The monoisotopic (exact) mass is 321 g/mol. The smallest absolute Gasteiger partial charge is 0.323 e. The lowest BCUT2D eigenvalue weighted by Crippen LogP contribution is -2.40. The summed E-state index contributed by atoms with van der Waals surface area (Å²) in [7, 11) is 0. The molecule has 0 saturated heterocycles. The number of carbonyl (C=O) groups is 1. The summed E-state index contributed by atoms with van der Waals surface area (Å²) in [6.07, 6.45) is 3.91. The van der Waals surface area contributed by atoms with Gasteiger partial charge in [0.05, 0.1) is 11.3 Å². The third-order valence-corrected chi connectivity index (χ3v) is 3.38. The van der Waals surface area contributed by atoms with Gasteiger partial charge < -0.3 is 5.32 Å². The molecule has 0 spiro atoms. The predicted octanol–water partition coefficient (Wildman–Crippen LogP) is 3.26. The molecule has 0 aliphatic rings. The maximum Gasteiger partial charge on any atom is 0.416 e. The minimum absolute atomic E-state index is 0.0376. The Morgan fingerprint density at radius 3 is 2.57 bits per heavy atom. The lowest BCUT2D eigenvalue weighted by atomic mass is 10.0. The van der Waals surface area contributed by atoms with Crippen molar-refractivity contribution in [3.63, 3.8) is 0 Å². The molecule has 1 aromatic heterocycles. The van der Waals surface area contributed by atoms with E-state index in [4.69, 9.17) is 6.42 Å². The van der Waals surface area contributed by atoms with Crippen LogP contribution in [0.3, 0.4) is 0 Å². The van der Waals surface area contributed by atoms with Crippen molar-refractivity contribution in [2.45, 2.75) is 25.6 Å². The fraction of sp³-hybridized carbons (Fsp3) is 0.250. The van der Waals surface area contributed by atoms with Crippen molar-refractivity contribution < 1.29 is 18.0 Å². The van der Waals surface area contributed by atoms with Crippen molar-refractivity contribution in [1.29, 1.82) is 0 Å². The molecule has 0 aliphatic carbocycles. The van der Waals surface area contributed by atoms with Crippen molar-refractivity contribution in [1.82, 2.24) is 9.78 Å². The van der Waals surface area contributed by atoms with Crippen LogP contribution in [0.2, 0.25) is 0 Å². The summed E-state index contributed by atoms with van der Waals surface area (Å²) in [5.41, 5.74) is -1.79. The molecule has 4 nitrogen and oxygen atoms in total. The number of hydrogen-bond donors (Lipinski definition) is 1. The molecule has 0 atom stereocenters. The van der Waals surface area contributed by atoms with E-state index in [9.17, 15) is 18.0 Å². The van der Waals surface area contributed by atoms with Gasteiger partial charge in [0.2, 0.25) is 0 Å². The van der Waals surface area contributed by atoms with Gasteiger partial charge in [-0.2, -0.15) is 18.3 Å². The van der Waals surface area contributed by atoms with E-state index in [2.05, 4.69) is 16.3 Å². The minimum atomic E-state index is -4.50. The summed E-state index contributed by atoms with van der Waals surface area (Å²) in [6, 6.07) is 4.52. The Labute approximate surface area is 131 Å². The molecule has 0 radical (unpaired) electrons. The quantitative estimate of drug-likeness (QED) is 0.882. The van der Waals surface area contributed by atoms with Gasteiger partial charge in [-0.05, 0) is 38.1 Å². The van der Waals surface area contributed by atoms with Crippen LogP contribution in [-0.2, 0) is 16.5 Å². The summed E-state index contributed by atoms with van der Waals surface area (Å²) in [5.74, 6) is 1.72. The Bertz CT molecular complexity index is 756. The molecule has 0 fully saturated rings. The summed E-state index contributed by atoms with van der Waals surface area (Å²) in [5, 5.41) is 6.57. The summed E-state index contributed by atoms with van der Waals surface area (Å²) < 4.78 is 39.6. The number of terminal acetylenes is 1. The second-order valence-corrected chi connectivity index (χ2v) is 5.37. The molecular formula is C16H14F3N3O. The molecule has 1 amide bonds. The number of halogens is 3. The fourth-order valence-corrected chi connectivity index (χ4v) is 1.93. The number of alkyl halides is 3. The van der Waals surface area contributed by atoms with E-state index >= 15 is 0 Å². The van der Waals surface area contributed by atoms with Crippen molar-refractivity contribution in [3.8, 4) is 12.3 Å². The molecule has 2 rings (SSSR count). The number of nitrogens with zero attached hydrogens (tertiary/aromatic N) is 2. The number of hydrogen-bond acceptors (Lipinski definition) is 2. The highest BCUT2D eigenvalue weighted by molar-refractivity contribution is 5.97. The van der Waals surface area contributed by atoms with Crippen LogP contribution in [-0.4, -0.2) is 15.7 Å². The molecule has 0 unspecified atom stereocenters. The maximum atomic E-state index is 12.7. The Morgan fingerprint density at radius 2 is 2.04 bits per heavy atom. The normalized spacial score (nSPS) is 11.8. The molecule has 1 N–H and O–H groups in total. The first kappa shape index (κ1) is 16.6. The second kappa shape index (κ2) is 5.80. The lowest BCUT2D eigenvalue weighted by Gasteiger charge is -2.24. The van der Waals surface area contributed by atoms with Crippen molar-refractivity contribution in [2.24, 2.45) is 0 Å². The van der Waals surface area contributed by atoms with Crippen LogP contribution in [0.25, 0.3) is 0 Å². The van der Waals surface area contributed by atoms with Gasteiger partial charge in [-0.25, -0.2) is 0 Å². The number of rotatable bonds is 3. The summed E-state index contributed by atoms with van der Waals surface area (Å²) in [6.45, 7) is 3.27. The zero-order valence-corrected chi connectivity index (χ0v) is 12.5. The van der Waals surface area contributed by atoms with Crippen LogP contribution >= 0.6 is 0 Å². The van der Waals surface area contributed by atoms with E-state index in [0.717, 1.165) is 18.2 Å². The van der Waals surface area contributed by atoms with E-state index in [-0.39, 0.29) is 11.3 Å². The van der Waals surface area contributed by atoms with E-state index in [1.807, 2.05) is 0 Å². The molecule has 7 heteroatoms. The number of benzene rings is 1. The molecule has 1 heterocycles. The van der Waals surface area contributed by atoms with Crippen LogP contribution in [0.4, 0.5) is 18.9 Å². The maximum absolute atomic E-state index is 12.7. The average molecular weight is 321 g/mol. The first-order valence-corrected chi connectivity index (χ1v) is 6.65.